The average Bonchev–Trinajstić information content (AvgIpc) is 2.72. The number of piperazine rings is 1. The van der Waals surface area contributed by atoms with E-state index >= 15 is 0 Å². The molecule has 1 unspecified atom stereocenters. The Morgan fingerprint density at radius 3 is 2.26 bits per heavy atom. The first kappa shape index (κ1) is 18.8. The molecule has 3 rings (SSSR count). The van der Waals surface area contributed by atoms with Crippen LogP contribution in [0.2, 0.25) is 0 Å². The average molecular weight is 367 g/mol. The molecule has 1 aromatic carbocycles. The Hall–Kier alpha value is -2.96. The molecule has 1 aromatic heterocycles. The number of benzene rings is 1. The van der Waals surface area contributed by atoms with Gasteiger partial charge in [0.15, 0.2) is 0 Å². The molecule has 142 valence electrons. The highest BCUT2D eigenvalue weighted by molar-refractivity contribution is 5.84. The van der Waals surface area contributed by atoms with Crippen molar-refractivity contribution in [3.63, 3.8) is 0 Å². The topological polar surface area (TPSA) is 69.6 Å². The number of anilines is 1. The predicted molar refractivity (Wildman–Crippen MR) is 103 cm³/mol. The minimum absolute atomic E-state index is 0.0263. The molecule has 1 fully saturated rings. The van der Waals surface area contributed by atoms with Crippen molar-refractivity contribution >= 4 is 17.8 Å². The minimum atomic E-state index is -0.147. The SMILES string of the molecule is CC(=O)N(CC(=O)N1CCN(c2ncccn2)CC1)C(C)c1ccccc1. The van der Waals surface area contributed by atoms with Gasteiger partial charge in [-0.15, -0.1) is 0 Å². The van der Waals surface area contributed by atoms with Gasteiger partial charge in [0.2, 0.25) is 17.8 Å². The molecule has 7 nitrogen and oxygen atoms in total. The van der Waals surface area contributed by atoms with E-state index in [-0.39, 0.29) is 24.4 Å². The summed E-state index contributed by atoms with van der Waals surface area (Å²) in [6, 6.07) is 11.4. The fourth-order valence-electron chi connectivity index (χ4n) is 3.29. The van der Waals surface area contributed by atoms with Gasteiger partial charge >= 0.3 is 0 Å². The van der Waals surface area contributed by atoms with Crippen LogP contribution in [0.15, 0.2) is 48.8 Å². The Morgan fingerprint density at radius 2 is 1.67 bits per heavy atom. The van der Waals surface area contributed by atoms with Crippen molar-refractivity contribution in [2.45, 2.75) is 19.9 Å². The maximum Gasteiger partial charge on any atom is 0.242 e. The van der Waals surface area contributed by atoms with Crippen LogP contribution in [0.25, 0.3) is 0 Å². The smallest absolute Gasteiger partial charge is 0.242 e. The summed E-state index contributed by atoms with van der Waals surface area (Å²) in [6.45, 7) is 6.12. The van der Waals surface area contributed by atoms with Crippen LogP contribution in [0.5, 0.6) is 0 Å². The molecule has 0 aliphatic carbocycles. The van der Waals surface area contributed by atoms with Crippen molar-refractivity contribution < 1.29 is 9.59 Å². The van der Waals surface area contributed by atoms with Gasteiger partial charge < -0.3 is 14.7 Å². The van der Waals surface area contributed by atoms with E-state index < -0.39 is 0 Å². The van der Waals surface area contributed by atoms with Crippen LogP contribution in [0, 0.1) is 0 Å². The van der Waals surface area contributed by atoms with E-state index in [0.29, 0.717) is 32.1 Å². The fraction of sp³-hybridized carbons (Fsp3) is 0.400. The Kier molecular flexibility index (Phi) is 6.01. The Morgan fingerprint density at radius 1 is 1.04 bits per heavy atom. The number of carbonyl (C=O) groups is 2. The molecule has 1 aliphatic heterocycles. The second-order valence-corrected chi connectivity index (χ2v) is 6.65. The summed E-state index contributed by atoms with van der Waals surface area (Å²) in [7, 11) is 0. The Labute approximate surface area is 159 Å². The summed E-state index contributed by atoms with van der Waals surface area (Å²) in [6.07, 6.45) is 3.44. The van der Waals surface area contributed by atoms with Crippen molar-refractivity contribution in [3.05, 3.63) is 54.4 Å². The number of aromatic nitrogens is 2. The van der Waals surface area contributed by atoms with Crippen LogP contribution in [-0.4, -0.2) is 64.3 Å². The molecule has 1 aliphatic rings. The van der Waals surface area contributed by atoms with E-state index in [9.17, 15) is 9.59 Å². The van der Waals surface area contributed by atoms with Gasteiger partial charge in [-0.25, -0.2) is 9.97 Å². The minimum Gasteiger partial charge on any atom is -0.338 e. The molecular weight excluding hydrogens is 342 g/mol. The lowest BCUT2D eigenvalue weighted by Crippen LogP contribution is -2.52. The van der Waals surface area contributed by atoms with Gasteiger partial charge in [-0.3, -0.25) is 9.59 Å². The summed E-state index contributed by atoms with van der Waals surface area (Å²) < 4.78 is 0. The zero-order chi connectivity index (χ0) is 19.2. The maximum atomic E-state index is 12.8. The molecular formula is C20H25N5O2. The molecule has 0 radical (unpaired) electrons. The largest absolute Gasteiger partial charge is 0.338 e. The molecule has 0 saturated carbocycles. The van der Waals surface area contributed by atoms with Crippen LogP contribution >= 0.6 is 0 Å². The van der Waals surface area contributed by atoms with Crippen LogP contribution in [0.1, 0.15) is 25.5 Å². The number of hydrogen-bond donors (Lipinski definition) is 0. The van der Waals surface area contributed by atoms with Gasteiger partial charge in [-0.2, -0.15) is 0 Å². The molecule has 1 saturated heterocycles. The second kappa shape index (κ2) is 8.62. The first-order chi connectivity index (χ1) is 13.1. The van der Waals surface area contributed by atoms with Gasteiger partial charge in [-0.05, 0) is 18.6 Å². The lowest BCUT2D eigenvalue weighted by Gasteiger charge is -2.36. The predicted octanol–water partition coefficient (Wildman–Crippen LogP) is 1.73. The van der Waals surface area contributed by atoms with Gasteiger partial charge in [0.1, 0.15) is 6.54 Å². The summed E-state index contributed by atoms with van der Waals surface area (Å²) in [5.74, 6) is 0.560. The zero-order valence-corrected chi connectivity index (χ0v) is 15.8. The van der Waals surface area contributed by atoms with Gasteiger partial charge in [0.05, 0.1) is 6.04 Å². The summed E-state index contributed by atoms with van der Waals surface area (Å²) in [5, 5.41) is 0. The first-order valence-electron chi connectivity index (χ1n) is 9.18. The number of amides is 2. The molecule has 0 N–H and O–H groups in total. The number of rotatable bonds is 5. The van der Waals surface area contributed by atoms with Crippen molar-refractivity contribution in [1.29, 1.82) is 0 Å². The quantitative estimate of drug-likeness (QED) is 0.805. The third kappa shape index (κ3) is 4.61. The molecule has 27 heavy (non-hydrogen) atoms. The van der Waals surface area contributed by atoms with Gasteiger partial charge in [-0.1, -0.05) is 30.3 Å². The molecule has 0 spiro atoms. The van der Waals surface area contributed by atoms with Crippen molar-refractivity contribution in [3.8, 4) is 0 Å². The van der Waals surface area contributed by atoms with E-state index in [1.807, 2.05) is 42.2 Å². The van der Waals surface area contributed by atoms with E-state index in [4.69, 9.17) is 0 Å². The van der Waals surface area contributed by atoms with Gasteiger partial charge in [0.25, 0.3) is 0 Å². The van der Waals surface area contributed by atoms with Crippen LogP contribution in [-0.2, 0) is 9.59 Å². The zero-order valence-electron chi connectivity index (χ0n) is 15.8. The van der Waals surface area contributed by atoms with Crippen LogP contribution in [0.4, 0.5) is 5.95 Å². The number of hydrogen-bond acceptors (Lipinski definition) is 5. The highest BCUT2D eigenvalue weighted by Gasteiger charge is 2.27. The van der Waals surface area contributed by atoms with Crippen LogP contribution < -0.4 is 4.90 Å². The van der Waals surface area contributed by atoms with E-state index in [0.717, 1.165) is 5.56 Å². The van der Waals surface area contributed by atoms with Crippen LogP contribution in [0.3, 0.4) is 0 Å². The fourth-order valence-corrected chi connectivity index (χ4v) is 3.29. The summed E-state index contributed by atoms with van der Waals surface area (Å²) in [4.78, 5) is 38.9. The molecule has 2 aromatic rings. The third-order valence-corrected chi connectivity index (χ3v) is 4.93. The van der Waals surface area contributed by atoms with Crippen molar-refractivity contribution in [2.24, 2.45) is 0 Å². The highest BCUT2D eigenvalue weighted by Crippen LogP contribution is 2.20. The second-order valence-electron chi connectivity index (χ2n) is 6.65. The standard InChI is InChI=1S/C20H25N5O2/c1-16(18-7-4-3-5-8-18)25(17(2)26)15-19(27)23-11-13-24(14-12-23)20-21-9-6-10-22-20/h3-10,16H,11-15H2,1-2H3. The van der Waals surface area contributed by atoms with Gasteiger partial charge in [0, 0.05) is 45.5 Å². The Balaban J connectivity index is 1.59. The maximum absolute atomic E-state index is 12.8. The van der Waals surface area contributed by atoms with E-state index in [1.54, 1.807) is 23.4 Å². The summed E-state index contributed by atoms with van der Waals surface area (Å²) >= 11 is 0. The van der Waals surface area contributed by atoms with Crippen molar-refractivity contribution in [2.75, 3.05) is 37.6 Å². The lowest BCUT2D eigenvalue weighted by molar-refractivity contribution is -0.141. The first-order valence-corrected chi connectivity index (χ1v) is 9.18. The monoisotopic (exact) mass is 367 g/mol. The molecule has 7 heteroatoms. The highest BCUT2D eigenvalue weighted by atomic mass is 16.2. The molecule has 2 amide bonds. The number of carbonyl (C=O) groups excluding carboxylic acids is 2. The van der Waals surface area contributed by atoms with Crippen molar-refractivity contribution in [1.82, 2.24) is 19.8 Å². The summed E-state index contributed by atoms with van der Waals surface area (Å²) in [5.41, 5.74) is 1.02. The van der Waals surface area contributed by atoms with E-state index in [1.165, 1.54) is 6.92 Å². The third-order valence-electron chi connectivity index (χ3n) is 4.93. The molecule has 2 heterocycles. The Bertz CT molecular complexity index is 760. The normalized spacial score (nSPS) is 15.3. The van der Waals surface area contributed by atoms with E-state index in [2.05, 4.69) is 14.9 Å². The molecule has 0 bridgehead atoms. The molecule has 1 atom stereocenters. The lowest BCUT2D eigenvalue weighted by atomic mass is 10.1. The number of nitrogens with zero attached hydrogens (tertiary/aromatic N) is 5.